The molecule has 0 aliphatic heterocycles. The molecule has 0 amide bonds. The Kier molecular flexibility index (Phi) is 5.07. The van der Waals surface area contributed by atoms with E-state index in [1.165, 1.54) is 17.4 Å². The van der Waals surface area contributed by atoms with Crippen LogP contribution in [0.25, 0.3) is 0 Å². The molecule has 0 atom stereocenters. The molecule has 0 radical (unpaired) electrons. The van der Waals surface area contributed by atoms with Crippen molar-refractivity contribution >= 4 is 64.8 Å². The lowest BCUT2D eigenvalue weighted by Gasteiger charge is -2.13. The number of thiophene rings is 1. The number of halogens is 3. The van der Waals surface area contributed by atoms with Gasteiger partial charge in [-0.3, -0.25) is 0 Å². The Morgan fingerprint density at radius 1 is 1.60 bits per heavy atom. The van der Waals surface area contributed by atoms with Crippen LogP contribution in [0.1, 0.15) is 0 Å². The van der Waals surface area contributed by atoms with E-state index in [4.69, 9.17) is 11.6 Å². The molecule has 1 aromatic heterocycles. The van der Waals surface area contributed by atoms with Gasteiger partial charge in [0.15, 0.2) is 0 Å². The van der Waals surface area contributed by atoms with Crippen LogP contribution in [-0.2, 0) is 10.0 Å². The summed E-state index contributed by atoms with van der Waals surface area (Å²) in [5.74, 6) is 0. The molecule has 86 valence electrons. The molecule has 1 rings (SSSR count). The van der Waals surface area contributed by atoms with Crippen LogP contribution in [0.2, 0.25) is 5.02 Å². The molecule has 0 unspecified atom stereocenters. The minimum atomic E-state index is -3.40. The van der Waals surface area contributed by atoms with Crippen LogP contribution < -0.4 is 0 Å². The van der Waals surface area contributed by atoms with Gasteiger partial charge in [-0.25, -0.2) is 8.42 Å². The van der Waals surface area contributed by atoms with E-state index in [1.54, 1.807) is 0 Å². The number of hydrogen-bond donors (Lipinski definition) is 0. The number of rotatable bonds is 4. The Morgan fingerprint density at radius 2 is 2.20 bits per heavy atom. The predicted octanol–water partition coefficient (Wildman–Crippen LogP) is 3.18. The second-order valence-corrected chi connectivity index (χ2v) is 8.54. The Balaban J connectivity index is 3.06. The van der Waals surface area contributed by atoms with Crippen molar-refractivity contribution in [3.8, 4) is 0 Å². The molecule has 0 saturated heterocycles. The van der Waals surface area contributed by atoms with E-state index >= 15 is 0 Å². The molecule has 0 saturated carbocycles. The van der Waals surface area contributed by atoms with Crippen LogP contribution in [0.5, 0.6) is 0 Å². The summed E-state index contributed by atoms with van der Waals surface area (Å²) in [6, 6.07) is 1.45. The fraction of sp³-hybridized carbons (Fsp3) is 0.429. The van der Waals surface area contributed by atoms with Crippen LogP contribution in [-0.4, -0.2) is 31.6 Å². The van der Waals surface area contributed by atoms with Crippen molar-refractivity contribution in [1.82, 2.24) is 4.31 Å². The lowest BCUT2D eigenvalue weighted by Crippen LogP contribution is -2.27. The van der Waals surface area contributed by atoms with Crippen LogP contribution in [0.15, 0.2) is 14.1 Å². The first kappa shape index (κ1) is 13.9. The summed E-state index contributed by atoms with van der Waals surface area (Å²) in [7, 11) is -1.86. The molecule has 0 bridgehead atoms. The number of alkyl halides is 1. The maximum atomic E-state index is 11.9. The van der Waals surface area contributed by atoms with E-state index in [9.17, 15) is 8.42 Å². The van der Waals surface area contributed by atoms with Gasteiger partial charge in [-0.05, 0) is 22.0 Å². The fourth-order valence-corrected chi connectivity index (χ4v) is 5.40. The Bertz CT molecular complexity index is 426. The van der Waals surface area contributed by atoms with Gasteiger partial charge in [-0.15, -0.1) is 11.3 Å². The lowest BCUT2D eigenvalue weighted by atomic mass is 10.7. The van der Waals surface area contributed by atoms with E-state index in [-0.39, 0.29) is 4.21 Å². The van der Waals surface area contributed by atoms with Crippen molar-refractivity contribution in [3.63, 3.8) is 0 Å². The largest absolute Gasteiger partial charge is 0.252 e. The first-order chi connectivity index (χ1) is 6.89. The summed E-state index contributed by atoms with van der Waals surface area (Å²) < 4.78 is 26.0. The average molecular weight is 398 g/mol. The van der Waals surface area contributed by atoms with Gasteiger partial charge in [0.2, 0.25) is 0 Å². The predicted molar refractivity (Wildman–Crippen MR) is 70.6 cm³/mol. The SMILES string of the molecule is CN(CCBr)S(=O)(=O)c1cc(Cl)c(Br)s1. The van der Waals surface area contributed by atoms with Gasteiger partial charge in [0.1, 0.15) is 4.21 Å². The van der Waals surface area contributed by atoms with Gasteiger partial charge in [0.05, 0.1) is 8.81 Å². The maximum Gasteiger partial charge on any atom is 0.252 e. The van der Waals surface area contributed by atoms with Gasteiger partial charge in [0.25, 0.3) is 10.0 Å². The molecule has 0 aliphatic rings. The van der Waals surface area contributed by atoms with Gasteiger partial charge in [0, 0.05) is 18.9 Å². The molecule has 1 heterocycles. The minimum absolute atomic E-state index is 0.253. The number of hydrogen-bond acceptors (Lipinski definition) is 3. The fourth-order valence-electron chi connectivity index (χ4n) is 0.847. The summed E-state index contributed by atoms with van der Waals surface area (Å²) in [5, 5.41) is 1.02. The molecule has 8 heteroatoms. The van der Waals surface area contributed by atoms with Crippen molar-refractivity contribution in [2.24, 2.45) is 0 Å². The van der Waals surface area contributed by atoms with Crippen LogP contribution in [0.3, 0.4) is 0 Å². The Hall–Kier alpha value is 0.860. The third kappa shape index (κ3) is 3.17. The van der Waals surface area contributed by atoms with Crippen molar-refractivity contribution < 1.29 is 8.42 Å². The zero-order valence-electron chi connectivity index (χ0n) is 7.71. The lowest BCUT2D eigenvalue weighted by molar-refractivity contribution is 0.491. The topological polar surface area (TPSA) is 37.4 Å². The second-order valence-electron chi connectivity index (χ2n) is 2.70. The first-order valence-corrected chi connectivity index (χ1v) is 8.41. The van der Waals surface area contributed by atoms with E-state index in [1.807, 2.05) is 0 Å². The zero-order chi connectivity index (χ0) is 11.6. The zero-order valence-corrected chi connectivity index (χ0v) is 13.3. The van der Waals surface area contributed by atoms with E-state index in [0.717, 1.165) is 11.3 Å². The van der Waals surface area contributed by atoms with Crippen molar-refractivity contribution in [2.45, 2.75) is 4.21 Å². The van der Waals surface area contributed by atoms with E-state index < -0.39 is 10.0 Å². The molecular weight excluding hydrogens is 389 g/mol. The number of nitrogens with zero attached hydrogens (tertiary/aromatic N) is 1. The third-order valence-electron chi connectivity index (χ3n) is 1.69. The average Bonchev–Trinajstić information content (AvgIpc) is 2.48. The highest BCUT2D eigenvalue weighted by Gasteiger charge is 2.23. The molecule has 0 spiro atoms. The quantitative estimate of drug-likeness (QED) is 0.732. The third-order valence-corrected chi connectivity index (χ3v) is 6.82. The van der Waals surface area contributed by atoms with Gasteiger partial charge in [-0.2, -0.15) is 4.31 Å². The van der Waals surface area contributed by atoms with Crippen molar-refractivity contribution in [2.75, 3.05) is 18.9 Å². The molecule has 0 fully saturated rings. The van der Waals surface area contributed by atoms with Gasteiger partial charge < -0.3 is 0 Å². The first-order valence-electron chi connectivity index (χ1n) is 3.86. The van der Waals surface area contributed by atoms with Gasteiger partial charge >= 0.3 is 0 Å². The van der Waals surface area contributed by atoms with E-state index in [0.29, 0.717) is 20.7 Å². The van der Waals surface area contributed by atoms with Gasteiger partial charge in [-0.1, -0.05) is 27.5 Å². The smallest absolute Gasteiger partial charge is 0.206 e. The van der Waals surface area contributed by atoms with Crippen LogP contribution >= 0.6 is 54.8 Å². The molecule has 15 heavy (non-hydrogen) atoms. The van der Waals surface area contributed by atoms with Crippen LogP contribution in [0.4, 0.5) is 0 Å². The van der Waals surface area contributed by atoms with Crippen molar-refractivity contribution in [3.05, 3.63) is 14.9 Å². The Labute approximate surface area is 115 Å². The normalized spacial score (nSPS) is 12.3. The minimum Gasteiger partial charge on any atom is -0.206 e. The monoisotopic (exact) mass is 395 g/mol. The maximum absolute atomic E-state index is 11.9. The molecule has 0 N–H and O–H groups in total. The Morgan fingerprint density at radius 3 is 2.60 bits per heavy atom. The molecular formula is C7H8Br2ClNO2S2. The highest BCUT2D eigenvalue weighted by atomic mass is 79.9. The molecule has 3 nitrogen and oxygen atoms in total. The summed E-state index contributed by atoms with van der Waals surface area (Å²) in [6.45, 7) is 0.426. The second kappa shape index (κ2) is 5.46. The summed E-state index contributed by atoms with van der Waals surface area (Å²) in [5.41, 5.74) is 0. The van der Waals surface area contributed by atoms with E-state index in [2.05, 4.69) is 31.9 Å². The highest BCUT2D eigenvalue weighted by molar-refractivity contribution is 9.11. The molecule has 0 aliphatic carbocycles. The van der Waals surface area contributed by atoms with Crippen molar-refractivity contribution in [1.29, 1.82) is 0 Å². The molecule has 0 aromatic carbocycles. The van der Waals surface area contributed by atoms with Crippen LogP contribution in [0, 0.1) is 0 Å². The summed E-state index contributed by atoms with van der Waals surface area (Å²) in [4.78, 5) is 0. The standard InChI is InChI=1S/C7H8Br2ClNO2S2/c1-11(3-2-8)15(12,13)6-4-5(10)7(9)14-6/h4H,2-3H2,1H3. The molecule has 1 aromatic rings. The highest BCUT2D eigenvalue weighted by Crippen LogP contribution is 2.35. The number of sulfonamides is 1. The summed E-state index contributed by atoms with van der Waals surface area (Å²) in [6.07, 6.45) is 0. The summed E-state index contributed by atoms with van der Waals surface area (Å²) >= 11 is 13.3.